The lowest BCUT2D eigenvalue weighted by Gasteiger charge is -2.30. The van der Waals surface area contributed by atoms with Crippen molar-refractivity contribution >= 4 is 23.2 Å². The number of amides is 2. The second-order valence-corrected chi connectivity index (χ2v) is 7.47. The van der Waals surface area contributed by atoms with E-state index in [0.29, 0.717) is 54.9 Å². The Balaban J connectivity index is 1.55. The monoisotopic (exact) mass is 418 g/mol. The maximum Gasteiger partial charge on any atom is 0.416 e. The zero-order valence-corrected chi connectivity index (χ0v) is 16.2. The van der Waals surface area contributed by atoms with E-state index >= 15 is 0 Å². The fourth-order valence-corrected chi connectivity index (χ4v) is 3.88. The largest absolute Gasteiger partial charge is 0.416 e. The molecule has 2 heterocycles. The minimum Gasteiger partial charge on any atom is -0.368 e. The highest BCUT2D eigenvalue weighted by molar-refractivity contribution is 6.07. The highest BCUT2D eigenvalue weighted by atomic mass is 19.4. The number of anilines is 2. The Morgan fingerprint density at radius 3 is 2.67 bits per heavy atom. The van der Waals surface area contributed by atoms with Crippen LogP contribution in [0.15, 0.2) is 42.5 Å². The van der Waals surface area contributed by atoms with Crippen molar-refractivity contribution in [2.24, 2.45) is 0 Å². The van der Waals surface area contributed by atoms with Gasteiger partial charge in [0, 0.05) is 30.1 Å². The van der Waals surface area contributed by atoms with Crippen molar-refractivity contribution in [3.05, 3.63) is 59.2 Å². The lowest BCUT2D eigenvalue weighted by atomic mass is 9.98. The summed E-state index contributed by atoms with van der Waals surface area (Å²) >= 11 is 0. The Kier molecular flexibility index (Phi) is 5.51. The third-order valence-electron chi connectivity index (χ3n) is 5.37. The summed E-state index contributed by atoms with van der Waals surface area (Å²) in [5.41, 5.74) is 1.12. The summed E-state index contributed by atoms with van der Waals surface area (Å²) < 4.78 is 44.4. The van der Waals surface area contributed by atoms with Gasteiger partial charge in [0.2, 0.25) is 0 Å². The van der Waals surface area contributed by atoms with Gasteiger partial charge in [-0.05, 0) is 67.6 Å². The highest BCUT2D eigenvalue weighted by Gasteiger charge is 2.33. The van der Waals surface area contributed by atoms with Crippen LogP contribution in [0.25, 0.3) is 0 Å². The lowest BCUT2D eigenvalue weighted by Crippen LogP contribution is -2.35. The molecule has 0 spiro atoms. The van der Waals surface area contributed by atoms with E-state index in [1.807, 2.05) is 0 Å². The van der Waals surface area contributed by atoms with Crippen molar-refractivity contribution in [3.63, 3.8) is 0 Å². The smallest absolute Gasteiger partial charge is 0.368 e. The molecule has 2 aromatic carbocycles. The Morgan fingerprint density at radius 2 is 1.93 bits per heavy atom. The van der Waals surface area contributed by atoms with Crippen LogP contribution in [0, 0.1) is 0 Å². The van der Waals surface area contributed by atoms with Crippen LogP contribution in [0.2, 0.25) is 0 Å². The zero-order valence-electron chi connectivity index (χ0n) is 16.2. The Bertz CT molecular complexity index is 968. The van der Waals surface area contributed by atoms with Crippen LogP contribution < -0.4 is 10.2 Å². The maximum atomic E-state index is 13.1. The molecule has 0 aliphatic carbocycles. The first-order valence-electron chi connectivity index (χ1n) is 9.87. The number of nitrogens with zero attached hydrogens (tertiary/aromatic N) is 1. The number of halogens is 3. The summed E-state index contributed by atoms with van der Waals surface area (Å²) in [6.07, 6.45) is -2.34. The molecule has 1 atom stereocenters. The molecule has 8 heteroatoms. The van der Waals surface area contributed by atoms with Crippen LogP contribution >= 0.6 is 0 Å². The van der Waals surface area contributed by atoms with Crippen LogP contribution in [0.3, 0.4) is 0 Å². The van der Waals surface area contributed by atoms with Crippen LogP contribution in [0.5, 0.6) is 0 Å². The van der Waals surface area contributed by atoms with Crippen molar-refractivity contribution in [2.75, 3.05) is 23.4 Å². The first-order valence-corrected chi connectivity index (χ1v) is 9.87. The molecule has 0 unspecified atom stereocenters. The molecule has 158 valence electrons. The molecule has 0 saturated carbocycles. The molecular formula is C22H21F3N2O3. The van der Waals surface area contributed by atoms with Gasteiger partial charge in [-0.1, -0.05) is 6.07 Å². The highest BCUT2D eigenvalue weighted by Crippen LogP contribution is 2.35. The van der Waals surface area contributed by atoms with Crippen LogP contribution in [-0.2, 0) is 22.1 Å². The van der Waals surface area contributed by atoms with E-state index in [0.717, 1.165) is 18.6 Å². The van der Waals surface area contributed by atoms with Gasteiger partial charge in [0.1, 0.15) is 6.10 Å². The molecule has 2 aliphatic heterocycles. The molecule has 2 aliphatic rings. The number of fused-ring (bicyclic) bond motifs is 1. The van der Waals surface area contributed by atoms with Crippen molar-refractivity contribution in [3.8, 4) is 0 Å². The number of rotatable bonds is 3. The lowest BCUT2D eigenvalue weighted by molar-refractivity contribution is -0.137. The predicted molar refractivity (Wildman–Crippen MR) is 105 cm³/mol. The van der Waals surface area contributed by atoms with Gasteiger partial charge in [0.15, 0.2) is 0 Å². The minimum absolute atomic E-state index is 0.250. The van der Waals surface area contributed by atoms with E-state index in [-0.39, 0.29) is 11.8 Å². The van der Waals surface area contributed by atoms with E-state index in [4.69, 9.17) is 4.74 Å². The number of carbonyl (C=O) groups is 2. The first-order chi connectivity index (χ1) is 14.3. The van der Waals surface area contributed by atoms with E-state index < -0.39 is 17.8 Å². The number of ether oxygens (including phenoxy) is 1. The third-order valence-corrected chi connectivity index (χ3v) is 5.37. The maximum absolute atomic E-state index is 13.1. The number of aryl methyl sites for hydroxylation is 1. The van der Waals surface area contributed by atoms with Gasteiger partial charge in [-0.25, -0.2) is 0 Å². The second kappa shape index (κ2) is 8.10. The van der Waals surface area contributed by atoms with E-state index in [1.165, 1.54) is 11.0 Å². The molecule has 1 fully saturated rings. The molecule has 1 N–H and O–H groups in total. The summed E-state index contributed by atoms with van der Waals surface area (Å²) in [4.78, 5) is 26.9. The SMILES string of the molecule is O=C(Nc1cccc(C(=O)N2CCCc3cc(C(F)(F)F)ccc32)c1)[C@@H]1CCCO1. The summed E-state index contributed by atoms with van der Waals surface area (Å²) in [5, 5.41) is 2.77. The predicted octanol–water partition coefficient (Wildman–Crippen LogP) is 4.42. The summed E-state index contributed by atoms with van der Waals surface area (Å²) in [5.74, 6) is -0.566. The van der Waals surface area contributed by atoms with Gasteiger partial charge >= 0.3 is 6.18 Å². The number of hydrogen-bond donors (Lipinski definition) is 1. The van der Waals surface area contributed by atoms with Crippen LogP contribution in [0.4, 0.5) is 24.5 Å². The average molecular weight is 418 g/mol. The van der Waals surface area contributed by atoms with Gasteiger partial charge in [0.05, 0.1) is 5.56 Å². The van der Waals surface area contributed by atoms with Gasteiger partial charge < -0.3 is 15.0 Å². The fourth-order valence-electron chi connectivity index (χ4n) is 3.88. The van der Waals surface area contributed by atoms with Crippen molar-refractivity contribution < 1.29 is 27.5 Å². The molecule has 30 heavy (non-hydrogen) atoms. The number of hydrogen-bond acceptors (Lipinski definition) is 3. The molecule has 2 amide bonds. The van der Waals surface area contributed by atoms with Gasteiger partial charge in [0.25, 0.3) is 11.8 Å². The molecule has 0 bridgehead atoms. The van der Waals surface area contributed by atoms with Gasteiger partial charge in [-0.2, -0.15) is 13.2 Å². The number of alkyl halides is 3. The molecule has 5 nitrogen and oxygen atoms in total. The molecule has 0 aromatic heterocycles. The normalized spacial score (nSPS) is 18.8. The summed E-state index contributed by atoms with van der Waals surface area (Å²) in [7, 11) is 0. The number of benzene rings is 2. The molecule has 0 radical (unpaired) electrons. The molecular weight excluding hydrogens is 397 g/mol. The van der Waals surface area contributed by atoms with E-state index in [1.54, 1.807) is 24.3 Å². The summed E-state index contributed by atoms with van der Waals surface area (Å²) in [6.45, 7) is 0.977. The van der Waals surface area contributed by atoms with E-state index in [9.17, 15) is 22.8 Å². The quantitative estimate of drug-likeness (QED) is 0.803. The number of carbonyl (C=O) groups excluding carboxylic acids is 2. The third kappa shape index (κ3) is 4.18. The van der Waals surface area contributed by atoms with Crippen molar-refractivity contribution in [2.45, 2.75) is 38.0 Å². The van der Waals surface area contributed by atoms with Crippen molar-refractivity contribution in [1.82, 2.24) is 0 Å². The Labute approximate surface area is 171 Å². The standard InChI is InChI=1S/C22H21F3N2O3/c23-22(24,25)16-8-9-18-14(12-16)5-2-10-27(18)21(29)15-4-1-6-17(13-15)26-20(28)19-7-3-11-30-19/h1,4,6,8-9,12-13,19H,2-3,5,7,10-11H2,(H,26,28)/t19-/m0/s1. The topological polar surface area (TPSA) is 58.6 Å². The minimum atomic E-state index is -4.42. The average Bonchev–Trinajstić information content (AvgIpc) is 3.27. The van der Waals surface area contributed by atoms with Gasteiger partial charge in [-0.15, -0.1) is 0 Å². The van der Waals surface area contributed by atoms with Crippen molar-refractivity contribution in [1.29, 1.82) is 0 Å². The molecule has 4 rings (SSSR count). The molecule has 2 aromatic rings. The van der Waals surface area contributed by atoms with Gasteiger partial charge in [-0.3, -0.25) is 9.59 Å². The first kappa shape index (κ1) is 20.4. The molecule has 1 saturated heterocycles. The van der Waals surface area contributed by atoms with E-state index in [2.05, 4.69) is 5.32 Å². The Morgan fingerprint density at radius 1 is 1.10 bits per heavy atom. The fraction of sp³-hybridized carbons (Fsp3) is 0.364. The number of nitrogens with one attached hydrogen (secondary N) is 1. The summed E-state index contributed by atoms with van der Waals surface area (Å²) in [6, 6.07) is 10.0. The Hall–Kier alpha value is -2.87. The van der Waals surface area contributed by atoms with Crippen LogP contribution in [0.1, 0.15) is 40.7 Å². The van der Waals surface area contributed by atoms with Crippen LogP contribution in [-0.4, -0.2) is 31.1 Å². The zero-order chi connectivity index (χ0) is 21.3. The second-order valence-electron chi connectivity index (χ2n) is 7.47.